The highest BCUT2D eigenvalue weighted by molar-refractivity contribution is 4.54. The van der Waals surface area contributed by atoms with Gasteiger partial charge in [-0.05, 0) is 12.8 Å². The third kappa shape index (κ3) is 50.4. The Bertz CT molecular complexity index is 490. The summed E-state index contributed by atoms with van der Waals surface area (Å²) in [6.45, 7) is 3.44. The first-order valence-corrected chi connectivity index (χ1v) is 24.2. The molecule has 0 fully saturated rings. The number of quaternary nitrogens is 1. The second-order valence-corrected chi connectivity index (χ2v) is 16.8. The summed E-state index contributed by atoms with van der Waals surface area (Å²) in [5.41, 5.74) is 3.94. The highest BCUT2D eigenvalue weighted by Gasteiger charge is 1.98. The van der Waals surface area contributed by atoms with Gasteiger partial charge in [-0.1, -0.05) is 289 Å². The van der Waals surface area contributed by atoms with Crippen molar-refractivity contribution in [2.75, 3.05) is 6.54 Å². The lowest BCUT2D eigenvalue weighted by Crippen LogP contribution is -3.00. The number of rotatable bonds is 46. The molecule has 0 aliphatic carbocycles. The molecule has 0 aromatic heterocycles. The van der Waals surface area contributed by atoms with E-state index >= 15 is 0 Å². The monoisotopic (exact) mass is 726 g/mol. The lowest BCUT2D eigenvalue weighted by atomic mass is 10.0. The minimum Gasteiger partial charge on any atom is -1.00 e. The van der Waals surface area contributed by atoms with Crippen LogP contribution in [0.3, 0.4) is 0 Å². The Morgan fingerprint density at radius 3 is 0.380 bits per heavy atom. The fourth-order valence-electron chi connectivity index (χ4n) is 8.03. The Morgan fingerprint density at radius 2 is 0.280 bits per heavy atom. The summed E-state index contributed by atoms with van der Waals surface area (Å²) in [6.07, 6.45) is 68.1. The van der Waals surface area contributed by atoms with Gasteiger partial charge in [-0.25, -0.2) is 0 Å². The van der Waals surface area contributed by atoms with Crippen LogP contribution in [0.1, 0.15) is 302 Å². The molecule has 0 atom stereocenters. The summed E-state index contributed by atoms with van der Waals surface area (Å²) in [7, 11) is 0. The Balaban J connectivity index is 0. The zero-order valence-corrected chi connectivity index (χ0v) is 36.1. The summed E-state index contributed by atoms with van der Waals surface area (Å²) in [4.78, 5) is 0. The van der Waals surface area contributed by atoms with Gasteiger partial charge in [0.2, 0.25) is 0 Å². The van der Waals surface area contributed by atoms with Gasteiger partial charge in [0.05, 0.1) is 6.54 Å². The summed E-state index contributed by atoms with van der Waals surface area (Å²) in [5, 5.41) is 0. The first-order chi connectivity index (χ1) is 24.4. The molecule has 50 heavy (non-hydrogen) atoms. The minimum atomic E-state index is 0. The molecule has 3 N–H and O–H groups in total. The van der Waals surface area contributed by atoms with E-state index < -0.39 is 0 Å². The fraction of sp³-hybridized carbons (Fsp3) is 1.00. The van der Waals surface area contributed by atoms with E-state index in [4.69, 9.17) is 0 Å². The van der Waals surface area contributed by atoms with E-state index in [1.54, 1.807) is 0 Å². The lowest BCUT2D eigenvalue weighted by Gasteiger charge is -2.05. The van der Waals surface area contributed by atoms with Gasteiger partial charge < -0.3 is 18.1 Å². The fourth-order valence-corrected chi connectivity index (χ4v) is 8.03. The molecule has 0 unspecified atom stereocenters. The molecule has 0 amide bonds. The van der Waals surface area contributed by atoms with Crippen molar-refractivity contribution in [3.8, 4) is 0 Å². The highest BCUT2D eigenvalue weighted by atomic mass is 35.5. The summed E-state index contributed by atoms with van der Waals surface area (Å²) in [6, 6.07) is 0. The van der Waals surface area contributed by atoms with Gasteiger partial charge >= 0.3 is 0 Å². The van der Waals surface area contributed by atoms with E-state index in [0.29, 0.717) is 0 Å². The molecule has 0 aliphatic heterocycles. The smallest absolute Gasteiger partial charge is 0.0739 e. The van der Waals surface area contributed by atoms with Crippen LogP contribution in [0.5, 0.6) is 0 Å². The van der Waals surface area contributed by atoms with Crippen molar-refractivity contribution in [1.82, 2.24) is 0 Å². The van der Waals surface area contributed by atoms with Crippen molar-refractivity contribution >= 4 is 0 Å². The molecule has 0 radical (unpaired) electrons. The Morgan fingerprint density at radius 1 is 0.180 bits per heavy atom. The summed E-state index contributed by atoms with van der Waals surface area (Å²) >= 11 is 0. The van der Waals surface area contributed by atoms with E-state index in [2.05, 4.69) is 12.7 Å². The van der Waals surface area contributed by atoms with Crippen LogP contribution in [0.4, 0.5) is 0 Å². The van der Waals surface area contributed by atoms with Crippen LogP contribution < -0.4 is 18.1 Å². The second kappa shape index (κ2) is 51.4. The first kappa shape index (κ1) is 52.4. The maximum Gasteiger partial charge on any atom is 0.0739 e. The zero-order valence-electron chi connectivity index (χ0n) is 35.3. The maximum atomic E-state index is 3.94. The van der Waals surface area contributed by atoms with E-state index in [9.17, 15) is 0 Å². The van der Waals surface area contributed by atoms with Crippen molar-refractivity contribution in [3.63, 3.8) is 0 Å². The normalized spacial score (nSPS) is 11.4. The van der Waals surface area contributed by atoms with Crippen molar-refractivity contribution < 1.29 is 18.1 Å². The molecular formula is C48H100ClN. The quantitative estimate of drug-likeness (QED) is 0.0605. The van der Waals surface area contributed by atoms with Crippen LogP contribution in [-0.4, -0.2) is 6.54 Å². The van der Waals surface area contributed by atoms with E-state index in [1.807, 2.05) is 0 Å². The van der Waals surface area contributed by atoms with Crippen molar-refractivity contribution in [2.24, 2.45) is 0 Å². The molecular weight excluding hydrogens is 626 g/mol. The zero-order chi connectivity index (χ0) is 35.2. The van der Waals surface area contributed by atoms with Crippen LogP contribution in [0.15, 0.2) is 0 Å². The first-order valence-electron chi connectivity index (χ1n) is 24.2. The average molecular weight is 727 g/mol. The minimum absolute atomic E-state index is 0. The van der Waals surface area contributed by atoms with E-state index in [-0.39, 0.29) is 12.4 Å². The van der Waals surface area contributed by atoms with Crippen LogP contribution in [0.25, 0.3) is 0 Å². The van der Waals surface area contributed by atoms with Gasteiger partial charge in [-0.3, -0.25) is 0 Å². The predicted molar refractivity (Wildman–Crippen MR) is 226 cm³/mol. The maximum absolute atomic E-state index is 3.94. The molecule has 304 valence electrons. The van der Waals surface area contributed by atoms with Crippen LogP contribution in [-0.2, 0) is 0 Å². The molecule has 0 bridgehead atoms. The average Bonchev–Trinajstić information content (AvgIpc) is 3.11. The van der Waals surface area contributed by atoms with Crippen molar-refractivity contribution in [3.05, 3.63) is 0 Å². The number of unbranched alkanes of at least 4 members (excludes halogenated alkanes) is 45. The van der Waals surface area contributed by atoms with Crippen molar-refractivity contribution in [2.45, 2.75) is 302 Å². The third-order valence-electron chi connectivity index (χ3n) is 11.6. The standard InChI is InChI=1S/C48H99N.ClH/c1-2-3-4-5-6-7-8-9-10-11-12-13-14-15-16-17-18-19-20-21-22-23-24-25-26-27-28-29-30-31-32-33-34-35-36-37-38-39-40-41-42-43-44-45-46-47-48-49;/h2-49H2,1H3;1H. The number of hydrogen-bond acceptors (Lipinski definition) is 0. The molecule has 0 aliphatic rings. The molecule has 0 aromatic rings. The van der Waals surface area contributed by atoms with Gasteiger partial charge in [-0.2, -0.15) is 0 Å². The Labute approximate surface area is 325 Å². The topological polar surface area (TPSA) is 27.6 Å². The van der Waals surface area contributed by atoms with Crippen LogP contribution in [0.2, 0.25) is 0 Å². The second-order valence-electron chi connectivity index (χ2n) is 16.8. The molecule has 0 aromatic carbocycles. The molecule has 0 spiro atoms. The van der Waals surface area contributed by atoms with E-state index in [0.717, 1.165) is 6.54 Å². The number of halogens is 1. The number of hydrogen-bond donors (Lipinski definition) is 1. The highest BCUT2D eigenvalue weighted by Crippen LogP contribution is 2.18. The predicted octanol–water partition coefficient (Wildman–Crippen LogP) is 14.2. The SMILES string of the molecule is CCCCCCCCCCCCCCCCCCCCCCCCCCCCCCCCCCCCCCCCCCCCCCCC[NH3+].[Cl-]. The Kier molecular flexibility index (Phi) is 53.8. The largest absolute Gasteiger partial charge is 1.00 e. The molecule has 1 nitrogen and oxygen atoms in total. The van der Waals surface area contributed by atoms with Gasteiger partial charge in [0.1, 0.15) is 0 Å². The molecule has 2 heteroatoms. The summed E-state index contributed by atoms with van der Waals surface area (Å²) < 4.78 is 0. The van der Waals surface area contributed by atoms with Gasteiger partial charge in [-0.15, -0.1) is 0 Å². The molecule has 0 saturated heterocycles. The summed E-state index contributed by atoms with van der Waals surface area (Å²) in [5.74, 6) is 0. The van der Waals surface area contributed by atoms with Crippen LogP contribution in [0, 0.1) is 0 Å². The molecule has 0 rings (SSSR count). The lowest BCUT2D eigenvalue weighted by molar-refractivity contribution is -0.368. The molecule has 0 heterocycles. The molecule has 0 saturated carbocycles. The van der Waals surface area contributed by atoms with Crippen molar-refractivity contribution in [1.29, 1.82) is 0 Å². The van der Waals surface area contributed by atoms with Crippen LogP contribution >= 0.6 is 0 Å². The van der Waals surface area contributed by atoms with Gasteiger partial charge in [0.15, 0.2) is 0 Å². The Hall–Kier alpha value is 0.250. The van der Waals surface area contributed by atoms with E-state index in [1.165, 1.54) is 295 Å². The van der Waals surface area contributed by atoms with Gasteiger partial charge in [0.25, 0.3) is 0 Å². The third-order valence-corrected chi connectivity index (χ3v) is 11.6. The van der Waals surface area contributed by atoms with Gasteiger partial charge in [0, 0.05) is 0 Å².